The Kier molecular flexibility index (Phi) is 10.3. The fraction of sp³-hybridized carbons (Fsp3) is 0.133. The number of ether oxygens (including phenoxy) is 2. The fourth-order valence-corrected chi connectivity index (χ4v) is 3.96. The van der Waals surface area contributed by atoms with Crippen molar-refractivity contribution in [2.75, 3.05) is 14.2 Å². The molecule has 0 saturated carbocycles. The van der Waals surface area contributed by atoms with Crippen LogP contribution < -0.4 is 9.47 Å². The van der Waals surface area contributed by atoms with Crippen LogP contribution >= 0.6 is 0 Å². The standard InChI is InChI=1S/C15H14O11S2.2Na.2H/c1-25-9-5-3-7(12(17)14(9)27(19,20)21)11(16)8-4-6-10(26-2)15(13(8)18)28(22,23)24;;;;/h3-6,17-18H,1-2H3,(H,19,20,21)(H,22,23,24);;;;. The van der Waals surface area contributed by atoms with Gasteiger partial charge in [-0.3, -0.25) is 13.9 Å². The number of phenols is 2. The second-order valence-electron chi connectivity index (χ2n) is 5.27. The quantitative estimate of drug-likeness (QED) is 0.237. The molecule has 15 heteroatoms. The molecule has 156 valence electrons. The van der Waals surface area contributed by atoms with Crippen molar-refractivity contribution in [1.82, 2.24) is 0 Å². The number of methoxy groups -OCH3 is 2. The first-order valence-electron chi connectivity index (χ1n) is 7.14. The van der Waals surface area contributed by atoms with Crippen LogP contribution in [-0.4, -0.2) is 115 Å². The molecule has 0 amide bonds. The predicted molar refractivity (Wildman–Crippen MR) is 107 cm³/mol. The Bertz CT molecular complexity index is 1080. The van der Waals surface area contributed by atoms with Crippen LogP contribution in [-0.2, 0) is 20.2 Å². The zero-order valence-electron chi connectivity index (χ0n) is 14.3. The van der Waals surface area contributed by atoms with E-state index in [1.54, 1.807) is 0 Å². The first-order chi connectivity index (χ1) is 12.8. The van der Waals surface area contributed by atoms with Gasteiger partial charge >= 0.3 is 79.4 Å². The zero-order chi connectivity index (χ0) is 21.4. The van der Waals surface area contributed by atoms with Crippen LogP contribution in [0.25, 0.3) is 0 Å². The number of hydrogen-bond acceptors (Lipinski definition) is 9. The number of ketones is 1. The summed E-state index contributed by atoms with van der Waals surface area (Å²) < 4.78 is 74.0. The molecule has 4 N–H and O–H groups in total. The van der Waals surface area contributed by atoms with Crippen molar-refractivity contribution in [3.05, 3.63) is 35.4 Å². The molecular weight excluding hydrogens is 466 g/mol. The molecule has 0 heterocycles. The SMILES string of the molecule is COc1ccc(C(=O)c2ccc(OC)c(S(=O)(=O)O)c2O)c(O)c1S(=O)(=O)O.[NaH].[NaH]. The average molecular weight is 482 g/mol. The number of phenolic OH excluding ortho intramolecular Hbond substituents is 2. The maximum absolute atomic E-state index is 12.7. The summed E-state index contributed by atoms with van der Waals surface area (Å²) in [5.41, 5.74) is -1.40. The number of aromatic hydroxyl groups is 2. The number of carbonyl (C=O) groups is 1. The molecule has 30 heavy (non-hydrogen) atoms. The molecule has 0 radical (unpaired) electrons. The van der Waals surface area contributed by atoms with Crippen LogP contribution in [0.5, 0.6) is 23.0 Å². The van der Waals surface area contributed by atoms with E-state index in [4.69, 9.17) is 9.47 Å². The van der Waals surface area contributed by atoms with Gasteiger partial charge in [0.2, 0.25) is 5.78 Å². The van der Waals surface area contributed by atoms with Crippen LogP contribution in [0, 0.1) is 0 Å². The first kappa shape index (κ1) is 29.1. The van der Waals surface area contributed by atoms with E-state index in [0.29, 0.717) is 0 Å². The molecule has 0 aliphatic heterocycles. The van der Waals surface area contributed by atoms with Crippen molar-refractivity contribution in [3.63, 3.8) is 0 Å². The van der Waals surface area contributed by atoms with Gasteiger partial charge in [0.15, 0.2) is 21.3 Å². The van der Waals surface area contributed by atoms with E-state index >= 15 is 0 Å². The predicted octanol–water partition coefficient (Wildman–Crippen LogP) is -0.458. The van der Waals surface area contributed by atoms with Crippen molar-refractivity contribution in [2.24, 2.45) is 0 Å². The third kappa shape index (κ3) is 5.68. The fourth-order valence-electron chi connectivity index (χ4n) is 2.44. The second kappa shape index (κ2) is 10.6. The number of hydrogen-bond donors (Lipinski definition) is 4. The number of carbonyl (C=O) groups excluding carboxylic acids is 1. The molecule has 0 spiro atoms. The van der Waals surface area contributed by atoms with Crippen LogP contribution in [0.4, 0.5) is 0 Å². The molecule has 0 bridgehead atoms. The van der Waals surface area contributed by atoms with Crippen LogP contribution in [0.3, 0.4) is 0 Å². The van der Waals surface area contributed by atoms with E-state index in [-0.39, 0.29) is 59.1 Å². The molecule has 0 aromatic heterocycles. The van der Waals surface area contributed by atoms with Gasteiger partial charge in [0.25, 0.3) is 0 Å². The molecule has 2 rings (SSSR count). The van der Waals surface area contributed by atoms with Crippen molar-refractivity contribution >= 4 is 85.1 Å². The van der Waals surface area contributed by atoms with Crippen molar-refractivity contribution in [1.29, 1.82) is 0 Å². The molecule has 11 nitrogen and oxygen atoms in total. The molecular formula is C15H16Na2O11S2. The van der Waals surface area contributed by atoms with Gasteiger partial charge in [-0.25, -0.2) is 0 Å². The Balaban J connectivity index is 0.00000420. The van der Waals surface area contributed by atoms with E-state index in [9.17, 15) is 40.9 Å². The molecule has 0 saturated heterocycles. The average Bonchev–Trinajstić information content (AvgIpc) is 2.58. The van der Waals surface area contributed by atoms with Gasteiger partial charge in [-0.1, -0.05) is 0 Å². The van der Waals surface area contributed by atoms with Gasteiger partial charge in [0, 0.05) is 0 Å². The minimum atomic E-state index is -5.01. The summed E-state index contributed by atoms with van der Waals surface area (Å²) in [5, 5.41) is 20.3. The minimum absolute atomic E-state index is 0. The second-order valence-corrected chi connectivity index (χ2v) is 7.98. The van der Waals surface area contributed by atoms with E-state index < -0.39 is 69.9 Å². The van der Waals surface area contributed by atoms with Crippen LogP contribution in [0.15, 0.2) is 34.1 Å². The first-order valence-corrected chi connectivity index (χ1v) is 10.0. The summed E-state index contributed by atoms with van der Waals surface area (Å²) in [6.45, 7) is 0. The Morgan fingerprint density at radius 1 is 0.733 bits per heavy atom. The molecule has 0 atom stereocenters. The van der Waals surface area contributed by atoms with Gasteiger partial charge in [-0.2, -0.15) is 16.8 Å². The number of benzene rings is 2. The van der Waals surface area contributed by atoms with E-state index in [2.05, 4.69) is 0 Å². The molecule has 2 aromatic rings. The van der Waals surface area contributed by atoms with E-state index in [0.717, 1.165) is 38.5 Å². The van der Waals surface area contributed by atoms with Gasteiger partial charge in [-0.15, -0.1) is 0 Å². The summed E-state index contributed by atoms with van der Waals surface area (Å²) in [5.74, 6) is -4.51. The zero-order valence-corrected chi connectivity index (χ0v) is 15.9. The van der Waals surface area contributed by atoms with Gasteiger partial charge in [0.1, 0.15) is 11.5 Å². The molecule has 0 fully saturated rings. The number of rotatable bonds is 6. The van der Waals surface area contributed by atoms with Crippen molar-refractivity contribution < 1.29 is 50.4 Å². The van der Waals surface area contributed by atoms with Gasteiger partial charge in [-0.05, 0) is 24.3 Å². The summed E-state index contributed by atoms with van der Waals surface area (Å²) in [6, 6.07) is 3.78. The summed E-state index contributed by atoms with van der Waals surface area (Å²) >= 11 is 0. The van der Waals surface area contributed by atoms with Crippen LogP contribution in [0.1, 0.15) is 15.9 Å². The summed E-state index contributed by atoms with van der Waals surface area (Å²) in [4.78, 5) is 10.5. The Labute approximate surface area is 216 Å². The monoisotopic (exact) mass is 482 g/mol. The molecule has 0 unspecified atom stereocenters. The van der Waals surface area contributed by atoms with E-state index in [1.807, 2.05) is 0 Å². The van der Waals surface area contributed by atoms with E-state index in [1.165, 1.54) is 0 Å². The molecule has 0 aliphatic rings. The van der Waals surface area contributed by atoms with Crippen molar-refractivity contribution in [3.8, 4) is 23.0 Å². The Morgan fingerprint density at radius 2 is 1.03 bits per heavy atom. The normalized spacial score (nSPS) is 11.1. The maximum atomic E-state index is 12.7. The Morgan fingerprint density at radius 3 is 1.27 bits per heavy atom. The van der Waals surface area contributed by atoms with Gasteiger partial charge < -0.3 is 19.7 Å². The van der Waals surface area contributed by atoms with Gasteiger partial charge in [0.05, 0.1) is 25.3 Å². The topological polar surface area (TPSA) is 185 Å². The molecule has 2 aromatic carbocycles. The summed E-state index contributed by atoms with van der Waals surface area (Å²) in [7, 11) is -7.92. The summed E-state index contributed by atoms with van der Waals surface area (Å²) in [6.07, 6.45) is 0. The molecule has 0 aliphatic carbocycles. The third-order valence-corrected chi connectivity index (χ3v) is 5.46. The Hall–Kier alpha value is -0.870. The van der Waals surface area contributed by atoms with Crippen LogP contribution in [0.2, 0.25) is 0 Å². The third-order valence-electron chi connectivity index (χ3n) is 3.64. The van der Waals surface area contributed by atoms with Crippen molar-refractivity contribution in [2.45, 2.75) is 9.79 Å².